The zero-order chi connectivity index (χ0) is 13.5. The number of rotatable bonds is 5. The molecule has 0 aliphatic carbocycles. The van der Waals surface area contributed by atoms with E-state index >= 15 is 0 Å². The molecule has 1 heterocycles. The number of carbonyl (C=O) groups excluding carboxylic acids is 2. The molecule has 0 spiro atoms. The van der Waals surface area contributed by atoms with Crippen LogP contribution in [-0.2, 0) is 20.9 Å². The van der Waals surface area contributed by atoms with Crippen molar-refractivity contribution in [3.63, 3.8) is 0 Å². The molecule has 5 nitrogen and oxygen atoms in total. The molecule has 0 saturated carbocycles. The van der Waals surface area contributed by atoms with Crippen LogP contribution in [0.4, 0.5) is 0 Å². The molecular weight excluding hydrogens is 232 g/mol. The molecule has 0 aliphatic heterocycles. The summed E-state index contributed by atoms with van der Waals surface area (Å²) in [6.45, 7) is 3.98. The van der Waals surface area contributed by atoms with Crippen molar-refractivity contribution in [2.45, 2.75) is 20.4 Å². The monoisotopic (exact) mass is 250 g/mol. The molecular formula is C13H18N2O3. The van der Waals surface area contributed by atoms with Gasteiger partial charge < -0.3 is 10.1 Å². The Morgan fingerprint density at radius 3 is 2.67 bits per heavy atom. The van der Waals surface area contributed by atoms with E-state index in [1.807, 2.05) is 19.9 Å². The zero-order valence-corrected chi connectivity index (χ0v) is 10.8. The number of pyridine rings is 1. The van der Waals surface area contributed by atoms with Crippen LogP contribution in [-0.4, -0.2) is 24.0 Å². The fourth-order valence-electron chi connectivity index (χ4n) is 1.61. The van der Waals surface area contributed by atoms with Crippen molar-refractivity contribution in [1.82, 2.24) is 10.3 Å². The maximum Gasteiger partial charge on any atom is 0.318 e. The Bertz CT molecular complexity index is 404. The van der Waals surface area contributed by atoms with Gasteiger partial charge in [-0.1, -0.05) is 19.9 Å². The summed E-state index contributed by atoms with van der Waals surface area (Å²) >= 11 is 0. The van der Waals surface area contributed by atoms with Gasteiger partial charge in [-0.2, -0.15) is 0 Å². The van der Waals surface area contributed by atoms with Crippen LogP contribution < -0.4 is 5.32 Å². The zero-order valence-electron chi connectivity index (χ0n) is 10.8. The summed E-state index contributed by atoms with van der Waals surface area (Å²) < 4.78 is 4.63. The second-order valence-corrected chi connectivity index (χ2v) is 4.32. The second-order valence-electron chi connectivity index (χ2n) is 4.32. The van der Waals surface area contributed by atoms with Crippen LogP contribution in [0.15, 0.2) is 24.5 Å². The van der Waals surface area contributed by atoms with Gasteiger partial charge in [0.2, 0.25) is 5.91 Å². The lowest BCUT2D eigenvalue weighted by Crippen LogP contribution is -2.38. The molecule has 18 heavy (non-hydrogen) atoms. The molecule has 5 heteroatoms. The van der Waals surface area contributed by atoms with Crippen LogP contribution in [0.3, 0.4) is 0 Å². The predicted octanol–water partition coefficient (Wildman–Crippen LogP) is 1.14. The van der Waals surface area contributed by atoms with E-state index < -0.39 is 11.9 Å². The normalized spacial score (nSPS) is 12.0. The third kappa shape index (κ3) is 3.84. The number of ether oxygens (including phenoxy) is 1. The third-order valence-electron chi connectivity index (χ3n) is 2.59. The van der Waals surface area contributed by atoms with E-state index in [4.69, 9.17) is 0 Å². The SMILES string of the molecule is COC(=O)C(C(=O)NCc1cccnc1)C(C)C. The number of esters is 1. The van der Waals surface area contributed by atoms with E-state index in [0.717, 1.165) is 5.56 Å². The molecule has 0 saturated heterocycles. The largest absolute Gasteiger partial charge is 0.468 e. The van der Waals surface area contributed by atoms with Crippen LogP contribution in [0.1, 0.15) is 19.4 Å². The molecule has 98 valence electrons. The first kappa shape index (κ1) is 14.2. The summed E-state index contributed by atoms with van der Waals surface area (Å²) in [7, 11) is 1.28. The summed E-state index contributed by atoms with van der Waals surface area (Å²) in [6.07, 6.45) is 3.33. The van der Waals surface area contributed by atoms with E-state index in [0.29, 0.717) is 6.54 Å². The Kier molecular flexibility index (Phi) is 5.30. The van der Waals surface area contributed by atoms with Crippen molar-refractivity contribution in [2.24, 2.45) is 11.8 Å². The Balaban J connectivity index is 2.60. The molecule has 1 aromatic rings. The summed E-state index contributed by atoms with van der Waals surface area (Å²) in [4.78, 5) is 27.4. The number of nitrogens with zero attached hydrogens (tertiary/aromatic N) is 1. The maximum atomic E-state index is 11.9. The highest BCUT2D eigenvalue weighted by molar-refractivity contribution is 5.97. The van der Waals surface area contributed by atoms with E-state index in [1.54, 1.807) is 18.5 Å². The Morgan fingerprint density at radius 2 is 2.17 bits per heavy atom. The van der Waals surface area contributed by atoms with Gasteiger partial charge in [-0.05, 0) is 17.5 Å². The van der Waals surface area contributed by atoms with Crippen LogP contribution in [0, 0.1) is 11.8 Å². The fourth-order valence-corrected chi connectivity index (χ4v) is 1.61. The molecule has 1 atom stereocenters. The van der Waals surface area contributed by atoms with Gasteiger partial charge in [0.1, 0.15) is 5.92 Å². The lowest BCUT2D eigenvalue weighted by atomic mass is 9.95. The van der Waals surface area contributed by atoms with E-state index in [1.165, 1.54) is 7.11 Å². The first-order chi connectivity index (χ1) is 8.56. The van der Waals surface area contributed by atoms with Crippen LogP contribution >= 0.6 is 0 Å². The number of hydrogen-bond donors (Lipinski definition) is 1. The van der Waals surface area contributed by atoms with Crippen molar-refractivity contribution in [3.05, 3.63) is 30.1 Å². The molecule has 1 aromatic heterocycles. The highest BCUT2D eigenvalue weighted by atomic mass is 16.5. The van der Waals surface area contributed by atoms with Crippen molar-refractivity contribution in [1.29, 1.82) is 0 Å². The Morgan fingerprint density at radius 1 is 1.44 bits per heavy atom. The number of aromatic nitrogens is 1. The first-order valence-corrected chi connectivity index (χ1v) is 5.80. The average Bonchev–Trinajstić information content (AvgIpc) is 2.37. The van der Waals surface area contributed by atoms with E-state index in [9.17, 15) is 9.59 Å². The van der Waals surface area contributed by atoms with Crippen molar-refractivity contribution < 1.29 is 14.3 Å². The molecule has 0 radical (unpaired) electrons. The summed E-state index contributed by atoms with van der Waals surface area (Å²) in [5.41, 5.74) is 0.887. The van der Waals surface area contributed by atoms with Gasteiger partial charge in [-0.3, -0.25) is 14.6 Å². The third-order valence-corrected chi connectivity index (χ3v) is 2.59. The molecule has 1 amide bonds. The molecule has 0 bridgehead atoms. The number of carbonyl (C=O) groups is 2. The maximum absolute atomic E-state index is 11.9. The van der Waals surface area contributed by atoms with Gasteiger partial charge in [0.15, 0.2) is 0 Å². The van der Waals surface area contributed by atoms with Crippen molar-refractivity contribution in [3.8, 4) is 0 Å². The number of nitrogens with one attached hydrogen (secondary N) is 1. The Hall–Kier alpha value is -1.91. The fraction of sp³-hybridized carbons (Fsp3) is 0.462. The average molecular weight is 250 g/mol. The molecule has 1 rings (SSSR count). The lowest BCUT2D eigenvalue weighted by Gasteiger charge is -2.17. The molecule has 0 aliphatic rings. The van der Waals surface area contributed by atoms with Gasteiger partial charge in [0, 0.05) is 18.9 Å². The van der Waals surface area contributed by atoms with E-state index in [2.05, 4.69) is 15.0 Å². The quantitative estimate of drug-likeness (QED) is 0.628. The minimum Gasteiger partial charge on any atom is -0.468 e. The summed E-state index contributed by atoms with van der Waals surface area (Å²) in [5, 5.41) is 2.72. The Labute approximate surface area is 107 Å². The second kappa shape index (κ2) is 6.74. The first-order valence-electron chi connectivity index (χ1n) is 5.80. The summed E-state index contributed by atoms with van der Waals surface area (Å²) in [6, 6.07) is 3.65. The smallest absolute Gasteiger partial charge is 0.318 e. The minimum absolute atomic E-state index is 0.105. The van der Waals surface area contributed by atoms with Crippen LogP contribution in [0.2, 0.25) is 0 Å². The van der Waals surface area contributed by atoms with Crippen LogP contribution in [0.25, 0.3) is 0 Å². The van der Waals surface area contributed by atoms with Crippen LogP contribution in [0.5, 0.6) is 0 Å². The highest BCUT2D eigenvalue weighted by Gasteiger charge is 2.30. The number of hydrogen-bond acceptors (Lipinski definition) is 4. The molecule has 1 unspecified atom stereocenters. The highest BCUT2D eigenvalue weighted by Crippen LogP contribution is 2.13. The van der Waals surface area contributed by atoms with Gasteiger partial charge in [0.25, 0.3) is 0 Å². The van der Waals surface area contributed by atoms with Gasteiger partial charge >= 0.3 is 5.97 Å². The molecule has 0 aromatic carbocycles. The topological polar surface area (TPSA) is 68.3 Å². The lowest BCUT2D eigenvalue weighted by molar-refractivity contribution is -0.151. The van der Waals surface area contributed by atoms with Gasteiger partial charge in [-0.15, -0.1) is 0 Å². The van der Waals surface area contributed by atoms with Gasteiger partial charge in [-0.25, -0.2) is 0 Å². The predicted molar refractivity (Wildman–Crippen MR) is 66.4 cm³/mol. The van der Waals surface area contributed by atoms with Crippen molar-refractivity contribution in [2.75, 3.05) is 7.11 Å². The summed E-state index contributed by atoms with van der Waals surface area (Å²) in [5.74, 6) is -1.70. The number of amides is 1. The van der Waals surface area contributed by atoms with Crippen molar-refractivity contribution >= 4 is 11.9 Å². The van der Waals surface area contributed by atoms with Gasteiger partial charge in [0.05, 0.1) is 7.11 Å². The van der Waals surface area contributed by atoms with E-state index in [-0.39, 0.29) is 11.8 Å². The molecule has 1 N–H and O–H groups in total. The minimum atomic E-state index is -0.772. The standard InChI is InChI=1S/C13H18N2O3/c1-9(2)11(13(17)18-3)12(16)15-8-10-5-4-6-14-7-10/h4-7,9,11H,8H2,1-3H3,(H,15,16). The molecule has 0 fully saturated rings. The number of methoxy groups -OCH3 is 1.